The lowest BCUT2D eigenvalue weighted by atomic mass is 10.2. The van der Waals surface area contributed by atoms with Crippen LogP contribution in [0.3, 0.4) is 0 Å². The van der Waals surface area contributed by atoms with Crippen molar-refractivity contribution in [1.29, 1.82) is 5.26 Å². The van der Waals surface area contributed by atoms with E-state index >= 15 is 0 Å². The van der Waals surface area contributed by atoms with Crippen molar-refractivity contribution in [2.45, 2.75) is 6.54 Å². The number of hydrogen-bond donors (Lipinski definition) is 1. The second kappa shape index (κ2) is 5.64. The summed E-state index contributed by atoms with van der Waals surface area (Å²) in [7, 11) is 0. The summed E-state index contributed by atoms with van der Waals surface area (Å²) in [5.74, 6) is 0. The molecule has 0 atom stereocenters. The lowest BCUT2D eigenvalue weighted by molar-refractivity contribution is -0.384. The Hall–Kier alpha value is -2.88. The van der Waals surface area contributed by atoms with Crippen molar-refractivity contribution in [3.63, 3.8) is 0 Å². The fourth-order valence-electron chi connectivity index (χ4n) is 1.65. The van der Waals surface area contributed by atoms with Gasteiger partial charge >= 0.3 is 0 Å². The van der Waals surface area contributed by atoms with Gasteiger partial charge in [0.05, 0.1) is 22.9 Å². The van der Waals surface area contributed by atoms with Gasteiger partial charge in [-0.2, -0.15) is 5.26 Å². The van der Waals surface area contributed by atoms with Crippen LogP contribution in [0, 0.1) is 21.4 Å². The highest BCUT2D eigenvalue weighted by molar-refractivity contribution is 5.64. The molecule has 0 saturated carbocycles. The maximum atomic E-state index is 10.9. The average Bonchev–Trinajstić information content (AvgIpc) is 2.91. The molecule has 1 N–H and O–H groups in total. The van der Waals surface area contributed by atoms with E-state index in [1.54, 1.807) is 12.5 Å². The highest BCUT2D eigenvalue weighted by Crippen LogP contribution is 2.24. The maximum Gasteiger partial charge on any atom is 0.292 e. The summed E-state index contributed by atoms with van der Waals surface area (Å²) in [6, 6.07) is 6.20. The molecule has 7 nitrogen and oxygen atoms in total. The van der Waals surface area contributed by atoms with Crippen molar-refractivity contribution >= 4 is 11.4 Å². The Morgan fingerprint density at radius 2 is 2.37 bits per heavy atom. The highest BCUT2D eigenvalue weighted by Gasteiger charge is 2.13. The van der Waals surface area contributed by atoms with E-state index in [1.807, 2.05) is 16.8 Å². The Morgan fingerprint density at radius 3 is 3.00 bits per heavy atom. The van der Waals surface area contributed by atoms with Gasteiger partial charge in [-0.1, -0.05) is 0 Å². The molecule has 0 aliphatic heterocycles. The summed E-state index contributed by atoms with van der Waals surface area (Å²) in [6.45, 7) is 1.14. The first kappa shape index (κ1) is 12.6. The van der Waals surface area contributed by atoms with Gasteiger partial charge in [-0.15, -0.1) is 0 Å². The number of benzene rings is 1. The van der Waals surface area contributed by atoms with Crippen LogP contribution in [0.15, 0.2) is 36.9 Å². The van der Waals surface area contributed by atoms with E-state index in [-0.39, 0.29) is 5.69 Å². The van der Waals surface area contributed by atoms with Crippen LogP contribution in [0.4, 0.5) is 11.4 Å². The number of nitrogens with one attached hydrogen (secondary N) is 1. The van der Waals surface area contributed by atoms with Gasteiger partial charge in [0.2, 0.25) is 0 Å². The summed E-state index contributed by atoms with van der Waals surface area (Å²) in [6.07, 6.45) is 5.14. The Labute approximate surface area is 109 Å². The molecular formula is C12H11N5O2. The van der Waals surface area contributed by atoms with Crippen LogP contribution in [-0.2, 0) is 6.54 Å². The van der Waals surface area contributed by atoms with Gasteiger partial charge in [0.25, 0.3) is 5.69 Å². The largest absolute Gasteiger partial charge is 0.378 e. The molecule has 0 unspecified atom stereocenters. The van der Waals surface area contributed by atoms with Crippen LogP contribution in [0.25, 0.3) is 0 Å². The predicted molar refractivity (Wildman–Crippen MR) is 68.5 cm³/mol. The second-order valence-electron chi connectivity index (χ2n) is 3.83. The third kappa shape index (κ3) is 3.07. The number of aromatic nitrogens is 2. The highest BCUT2D eigenvalue weighted by atomic mass is 16.6. The molecule has 0 fully saturated rings. The number of nitro groups is 1. The first-order valence-electron chi connectivity index (χ1n) is 5.59. The molecule has 2 aromatic rings. The number of nitro benzene ring substituents is 1. The Kier molecular flexibility index (Phi) is 3.73. The Bertz CT molecular complexity index is 616. The third-order valence-corrected chi connectivity index (χ3v) is 2.57. The van der Waals surface area contributed by atoms with Crippen molar-refractivity contribution in [2.24, 2.45) is 0 Å². The summed E-state index contributed by atoms with van der Waals surface area (Å²) in [5, 5.41) is 22.7. The van der Waals surface area contributed by atoms with E-state index in [4.69, 9.17) is 5.26 Å². The molecule has 1 aromatic carbocycles. The van der Waals surface area contributed by atoms with Gasteiger partial charge in [0.1, 0.15) is 5.69 Å². The zero-order chi connectivity index (χ0) is 13.7. The molecule has 0 bridgehead atoms. The van der Waals surface area contributed by atoms with E-state index < -0.39 is 4.92 Å². The fourth-order valence-corrected chi connectivity index (χ4v) is 1.65. The van der Waals surface area contributed by atoms with Gasteiger partial charge in [0.15, 0.2) is 0 Å². The number of imidazole rings is 1. The molecule has 0 amide bonds. The second-order valence-corrected chi connectivity index (χ2v) is 3.83. The normalized spacial score (nSPS) is 9.84. The minimum atomic E-state index is -0.472. The zero-order valence-electron chi connectivity index (χ0n) is 9.98. The lowest BCUT2D eigenvalue weighted by Gasteiger charge is -2.07. The Morgan fingerprint density at radius 1 is 1.53 bits per heavy atom. The van der Waals surface area contributed by atoms with Crippen LogP contribution in [0.5, 0.6) is 0 Å². The van der Waals surface area contributed by atoms with Crippen LogP contribution in [-0.4, -0.2) is 21.0 Å². The molecule has 19 heavy (non-hydrogen) atoms. The first-order chi connectivity index (χ1) is 9.20. The number of anilines is 1. The molecule has 2 rings (SSSR count). The number of nitriles is 1. The SMILES string of the molecule is N#Cc1ccc([N+](=O)[O-])c(NCCn2ccnc2)c1. The topological polar surface area (TPSA) is 96.8 Å². The molecule has 0 aliphatic rings. The number of nitrogens with zero attached hydrogens (tertiary/aromatic N) is 4. The van der Waals surface area contributed by atoms with E-state index in [0.29, 0.717) is 24.3 Å². The maximum absolute atomic E-state index is 10.9. The van der Waals surface area contributed by atoms with Crippen molar-refractivity contribution in [3.8, 4) is 6.07 Å². The quantitative estimate of drug-likeness (QED) is 0.650. The van der Waals surface area contributed by atoms with Gasteiger partial charge < -0.3 is 9.88 Å². The minimum absolute atomic E-state index is 0.0374. The molecule has 1 heterocycles. The lowest BCUT2D eigenvalue weighted by Crippen LogP contribution is -2.10. The van der Waals surface area contributed by atoms with Crippen LogP contribution < -0.4 is 5.32 Å². The van der Waals surface area contributed by atoms with Crippen LogP contribution in [0.2, 0.25) is 0 Å². The molecule has 0 spiro atoms. The zero-order valence-corrected chi connectivity index (χ0v) is 9.98. The van der Waals surface area contributed by atoms with Gasteiger partial charge in [-0.25, -0.2) is 4.98 Å². The Balaban J connectivity index is 2.09. The first-order valence-corrected chi connectivity index (χ1v) is 5.59. The van der Waals surface area contributed by atoms with Crippen LogP contribution in [0.1, 0.15) is 5.56 Å². The molecule has 0 saturated heterocycles. The van der Waals surface area contributed by atoms with Gasteiger partial charge in [-0.3, -0.25) is 10.1 Å². The molecule has 0 radical (unpaired) electrons. The van der Waals surface area contributed by atoms with Gasteiger partial charge in [-0.05, 0) is 12.1 Å². The van der Waals surface area contributed by atoms with E-state index in [9.17, 15) is 10.1 Å². The molecular weight excluding hydrogens is 246 g/mol. The van der Waals surface area contributed by atoms with E-state index in [1.165, 1.54) is 18.2 Å². The van der Waals surface area contributed by atoms with Crippen LogP contribution >= 0.6 is 0 Å². The predicted octanol–water partition coefficient (Wildman–Crippen LogP) is 1.78. The van der Waals surface area contributed by atoms with E-state index in [2.05, 4.69) is 10.3 Å². The fraction of sp³-hybridized carbons (Fsp3) is 0.167. The molecule has 7 heteroatoms. The van der Waals surface area contributed by atoms with Gasteiger partial charge in [0, 0.05) is 31.5 Å². The summed E-state index contributed by atoms with van der Waals surface area (Å²) in [5.41, 5.74) is 0.699. The molecule has 96 valence electrons. The monoisotopic (exact) mass is 257 g/mol. The van der Waals surface area contributed by atoms with Crippen molar-refractivity contribution in [3.05, 3.63) is 52.6 Å². The summed E-state index contributed by atoms with van der Waals surface area (Å²) >= 11 is 0. The average molecular weight is 257 g/mol. The van der Waals surface area contributed by atoms with E-state index in [0.717, 1.165) is 0 Å². The van der Waals surface area contributed by atoms with Crippen molar-refractivity contribution in [2.75, 3.05) is 11.9 Å². The van der Waals surface area contributed by atoms with Crippen molar-refractivity contribution in [1.82, 2.24) is 9.55 Å². The third-order valence-electron chi connectivity index (χ3n) is 2.57. The standard InChI is InChI=1S/C12H11N5O2/c13-8-10-1-2-12(17(18)19)11(7-10)15-4-6-16-5-3-14-9-16/h1-3,5,7,9,15H,4,6H2. The summed E-state index contributed by atoms with van der Waals surface area (Å²) < 4.78 is 1.85. The molecule has 0 aliphatic carbocycles. The number of hydrogen-bond acceptors (Lipinski definition) is 5. The van der Waals surface area contributed by atoms with Crippen molar-refractivity contribution < 1.29 is 4.92 Å². The minimum Gasteiger partial charge on any atom is -0.378 e. The molecule has 1 aromatic heterocycles. The summed E-state index contributed by atoms with van der Waals surface area (Å²) in [4.78, 5) is 14.3. The number of rotatable bonds is 5. The smallest absolute Gasteiger partial charge is 0.292 e.